The molecule has 2 heterocycles. The molecule has 2 unspecified atom stereocenters. The Morgan fingerprint density at radius 2 is 2.33 bits per heavy atom. The molecule has 2 aromatic rings. The molecule has 0 bridgehead atoms. The molecule has 1 aromatic carbocycles. The number of benzene rings is 1. The maximum Gasteiger partial charge on any atom is 0.191 e. The highest BCUT2D eigenvalue weighted by molar-refractivity contribution is 5.80. The fourth-order valence-electron chi connectivity index (χ4n) is 3.09. The highest BCUT2D eigenvalue weighted by Gasteiger charge is 2.20. The minimum absolute atomic E-state index is 0.333. The second-order valence-corrected chi connectivity index (χ2v) is 6.51. The minimum atomic E-state index is 0.333. The maximum absolute atomic E-state index is 4.36. The summed E-state index contributed by atoms with van der Waals surface area (Å²) in [5.74, 6) is 2.35. The molecular weight excluding hydrogens is 300 g/mol. The molecule has 2 atom stereocenters. The van der Waals surface area contributed by atoms with Crippen molar-refractivity contribution in [2.45, 2.75) is 45.2 Å². The van der Waals surface area contributed by atoms with Crippen molar-refractivity contribution in [3.63, 3.8) is 0 Å². The van der Waals surface area contributed by atoms with Gasteiger partial charge >= 0.3 is 0 Å². The summed E-state index contributed by atoms with van der Waals surface area (Å²) in [6.45, 7) is 6.05. The Labute approximate surface area is 143 Å². The van der Waals surface area contributed by atoms with E-state index < -0.39 is 0 Å². The number of aryl methyl sites for hydroxylation is 2. The fourth-order valence-corrected chi connectivity index (χ4v) is 3.09. The van der Waals surface area contributed by atoms with Gasteiger partial charge in [-0.2, -0.15) is 5.10 Å². The van der Waals surface area contributed by atoms with Crippen LogP contribution in [0.25, 0.3) is 0 Å². The second kappa shape index (κ2) is 7.47. The van der Waals surface area contributed by atoms with E-state index in [2.05, 4.69) is 63.8 Å². The highest BCUT2D eigenvalue weighted by atomic mass is 15.4. The van der Waals surface area contributed by atoms with Crippen molar-refractivity contribution >= 4 is 5.96 Å². The summed E-state index contributed by atoms with van der Waals surface area (Å²) in [6.07, 6.45) is 3.63. The molecule has 1 aliphatic heterocycles. The molecule has 0 aliphatic carbocycles. The van der Waals surface area contributed by atoms with Crippen molar-refractivity contribution in [1.29, 1.82) is 0 Å². The van der Waals surface area contributed by atoms with Crippen LogP contribution >= 0.6 is 0 Å². The Kier molecular flexibility index (Phi) is 5.13. The smallest absolute Gasteiger partial charge is 0.191 e. The van der Waals surface area contributed by atoms with E-state index >= 15 is 0 Å². The highest BCUT2D eigenvalue weighted by Crippen LogP contribution is 2.15. The zero-order valence-corrected chi connectivity index (χ0v) is 14.7. The van der Waals surface area contributed by atoms with Crippen molar-refractivity contribution in [1.82, 2.24) is 25.4 Å². The summed E-state index contributed by atoms with van der Waals surface area (Å²) in [6, 6.07) is 9.01. The molecule has 24 heavy (non-hydrogen) atoms. The van der Waals surface area contributed by atoms with Gasteiger partial charge in [-0.25, -0.2) is 9.67 Å². The van der Waals surface area contributed by atoms with Crippen molar-refractivity contribution in [3.8, 4) is 0 Å². The first kappa shape index (κ1) is 16.5. The lowest BCUT2D eigenvalue weighted by molar-refractivity contribution is 0.392. The van der Waals surface area contributed by atoms with Crippen LogP contribution in [0.2, 0.25) is 0 Å². The van der Waals surface area contributed by atoms with Gasteiger partial charge in [-0.15, -0.1) is 0 Å². The summed E-state index contributed by atoms with van der Waals surface area (Å²) in [7, 11) is 1.82. The summed E-state index contributed by atoms with van der Waals surface area (Å²) < 4.78 is 1.98. The van der Waals surface area contributed by atoms with Crippen molar-refractivity contribution in [2.24, 2.45) is 4.99 Å². The molecule has 0 amide bonds. The molecule has 3 rings (SSSR count). The average Bonchev–Trinajstić information content (AvgIpc) is 3.06. The Balaban J connectivity index is 1.52. The van der Waals surface area contributed by atoms with E-state index in [1.54, 1.807) is 6.33 Å². The third-order valence-electron chi connectivity index (χ3n) is 4.56. The fraction of sp³-hybridized carbons (Fsp3) is 0.500. The lowest BCUT2D eigenvalue weighted by atomic mass is 9.99. The number of aliphatic imine (C=N–C) groups is 1. The van der Waals surface area contributed by atoms with Crippen molar-refractivity contribution in [2.75, 3.05) is 13.6 Å². The maximum atomic E-state index is 4.36. The molecule has 6 nitrogen and oxygen atoms in total. The van der Waals surface area contributed by atoms with Gasteiger partial charge in [-0.3, -0.25) is 4.99 Å². The van der Waals surface area contributed by atoms with Crippen molar-refractivity contribution < 1.29 is 0 Å². The molecule has 1 aromatic heterocycles. The van der Waals surface area contributed by atoms with Gasteiger partial charge in [0.1, 0.15) is 12.2 Å². The summed E-state index contributed by atoms with van der Waals surface area (Å²) in [5.41, 5.74) is 2.65. The average molecular weight is 326 g/mol. The Bertz CT molecular complexity index is 705. The van der Waals surface area contributed by atoms with E-state index in [0.29, 0.717) is 12.0 Å². The third-order valence-corrected chi connectivity index (χ3v) is 4.56. The van der Waals surface area contributed by atoms with Gasteiger partial charge in [-0.05, 0) is 24.8 Å². The molecule has 1 aliphatic rings. The topological polar surface area (TPSA) is 67.1 Å². The monoisotopic (exact) mass is 326 g/mol. The summed E-state index contributed by atoms with van der Waals surface area (Å²) in [5, 5.41) is 11.2. The first-order valence-electron chi connectivity index (χ1n) is 8.56. The largest absolute Gasteiger partial charge is 0.356 e. The van der Waals surface area contributed by atoms with Gasteiger partial charge < -0.3 is 10.6 Å². The van der Waals surface area contributed by atoms with Crippen LogP contribution in [-0.4, -0.2) is 40.4 Å². The normalized spacial score (nSPS) is 18.8. The number of hydrogen-bond donors (Lipinski definition) is 2. The second-order valence-electron chi connectivity index (χ2n) is 6.51. The molecular formula is C18H26N6. The predicted molar refractivity (Wildman–Crippen MR) is 96.2 cm³/mol. The van der Waals surface area contributed by atoms with E-state index in [1.807, 2.05) is 11.7 Å². The first-order chi connectivity index (χ1) is 11.7. The molecule has 0 spiro atoms. The third kappa shape index (κ3) is 3.93. The van der Waals surface area contributed by atoms with Gasteiger partial charge in [0, 0.05) is 26.1 Å². The van der Waals surface area contributed by atoms with Gasteiger partial charge in [-0.1, -0.05) is 36.8 Å². The van der Waals surface area contributed by atoms with E-state index in [9.17, 15) is 0 Å². The van der Waals surface area contributed by atoms with Crippen LogP contribution in [0.5, 0.6) is 0 Å². The van der Waals surface area contributed by atoms with Crippen LogP contribution in [0.15, 0.2) is 35.6 Å². The number of nitrogens with zero attached hydrogens (tertiary/aromatic N) is 4. The SMILES string of the molecule is CN=C(NCC(C)c1cccc(C)c1)NC1CCc2ncnn2C1. The molecule has 0 saturated heterocycles. The van der Waals surface area contributed by atoms with Crippen LogP contribution in [-0.2, 0) is 13.0 Å². The van der Waals surface area contributed by atoms with Crippen LogP contribution < -0.4 is 10.6 Å². The summed E-state index contributed by atoms with van der Waals surface area (Å²) >= 11 is 0. The quantitative estimate of drug-likeness (QED) is 0.665. The van der Waals surface area contributed by atoms with E-state index in [1.165, 1.54) is 11.1 Å². The molecule has 128 valence electrons. The van der Waals surface area contributed by atoms with E-state index in [-0.39, 0.29) is 0 Å². The number of fused-ring (bicyclic) bond motifs is 1. The van der Waals surface area contributed by atoms with Crippen LogP contribution in [0.4, 0.5) is 0 Å². The molecule has 0 radical (unpaired) electrons. The van der Waals surface area contributed by atoms with E-state index in [0.717, 1.165) is 37.7 Å². The lowest BCUT2D eigenvalue weighted by Crippen LogP contribution is -2.47. The molecule has 2 N–H and O–H groups in total. The van der Waals surface area contributed by atoms with Crippen LogP contribution in [0.1, 0.15) is 36.2 Å². The number of guanidine groups is 1. The Morgan fingerprint density at radius 3 is 3.12 bits per heavy atom. The lowest BCUT2D eigenvalue weighted by Gasteiger charge is -2.26. The number of hydrogen-bond acceptors (Lipinski definition) is 3. The van der Waals surface area contributed by atoms with Crippen LogP contribution in [0.3, 0.4) is 0 Å². The standard InChI is InChI=1S/C18H26N6/c1-13-5-4-6-15(9-13)14(2)10-20-18(19-3)23-16-7-8-17-21-12-22-24(17)11-16/h4-6,9,12,14,16H,7-8,10-11H2,1-3H3,(H2,19,20,23). The van der Waals surface area contributed by atoms with Crippen molar-refractivity contribution in [3.05, 3.63) is 47.5 Å². The summed E-state index contributed by atoms with van der Waals surface area (Å²) in [4.78, 5) is 8.63. The Hall–Kier alpha value is -2.37. The number of nitrogens with one attached hydrogen (secondary N) is 2. The minimum Gasteiger partial charge on any atom is -0.356 e. The van der Waals surface area contributed by atoms with E-state index in [4.69, 9.17) is 0 Å². The number of aromatic nitrogens is 3. The van der Waals surface area contributed by atoms with Gasteiger partial charge in [0.2, 0.25) is 0 Å². The van der Waals surface area contributed by atoms with Crippen LogP contribution in [0, 0.1) is 6.92 Å². The molecule has 0 saturated carbocycles. The molecule has 6 heteroatoms. The zero-order valence-electron chi connectivity index (χ0n) is 14.7. The zero-order chi connectivity index (χ0) is 16.9. The van der Waals surface area contributed by atoms with Gasteiger partial charge in [0.05, 0.1) is 6.54 Å². The molecule has 0 fully saturated rings. The van der Waals surface area contributed by atoms with Gasteiger partial charge in [0.15, 0.2) is 5.96 Å². The first-order valence-corrected chi connectivity index (χ1v) is 8.56. The number of rotatable bonds is 4. The predicted octanol–water partition coefficient (Wildman–Crippen LogP) is 1.87. The Morgan fingerprint density at radius 1 is 1.46 bits per heavy atom. The van der Waals surface area contributed by atoms with Gasteiger partial charge in [0.25, 0.3) is 0 Å².